The first-order chi connectivity index (χ1) is 13.6. The lowest BCUT2D eigenvalue weighted by atomic mass is 10.2. The average Bonchev–Trinajstić information content (AvgIpc) is 3.40. The summed E-state index contributed by atoms with van der Waals surface area (Å²) in [6, 6.07) is 7.21. The maximum Gasteiger partial charge on any atom is 0.195 e. The first-order valence-electron chi connectivity index (χ1n) is 8.62. The highest BCUT2D eigenvalue weighted by Crippen LogP contribution is 2.30. The molecule has 0 fully saturated rings. The molecule has 5 rings (SSSR count). The molecule has 0 saturated carbocycles. The van der Waals surface area contributed by atoms with E-state index in [4.69, 9.17) is 21.3 Å². The zero-order valence-corrected chi connectivity index (χ0v) is 16.7. The van der Waals surface area contributed by atoms with Gasteiger partial charge in [-0.25, -0.2) is 19.5 Å². The van der Waals surface area contributed by atoms with E-state index in [1.807, 2.05) is 17.5 Å². The molecule has 1 aromatic carbocycles. The Balaban J connectivity index is 1.57. The van der Waals surface area contributed by atoms with Gasteiger partial charge in [0.25, 0.3) is 0 Å². The minimum Gasteiger partial charge on any atom is -0.486 e. The quantitative estimate of drug-likeness (QED) is 0.440. The molecule has 0 amide bonds. The van der Waals surface area contributed by atoms with Crippen LogP contribution in [0.4, 0.5) is 0 Å². The van der Waals surface area contributed by atoms with E-state index in [9.17, 15) is 0 Å². The number of ether oxygens (including phenoxy) is 1. The summed E-state index contributed by atoms with van der Waals surface area (Å²) in [6.07, 6.45) is 3.47. The van der Waals surface area contributed by atoms with Crippen LogP contribution in [0.15, 0.2) is 42.2 Å². The predicted octanol–water partition coefficient (Wildman–Crippen LogP) is 4.37. The number of hydrogen-bond donors (Lipinski definition) is 0. The zero-order valence-electron chi connectivity index (χ0n) is 15.1. The molecule has 4 aromatic heterocycles. The zero-order chi connectivity index (χ0) is 19.3. The molecule has 0 aliphatic carbocycles. The molecule has 5 aromatic rings. The van der Waals surface area contributed by atoms with E-state index in [-0.39, 0.29) is 6.61 Å². The van der Waals surface area contributed by atoms with Crippen molar-refractivity contribution >= 4 is 39.6 Å². The molecule has 4 heterocycles. The van der Waals surface area contributed by atoms with Crippen molar-refractivity contribution in [3.63, 3.8) is 0 Å². The fourth-order valence-corrected chi connectivity index (χ4v) is 4.03. The summed E-state index contributed by atoms with van der Waals surface area (Å²) >= 11 is 7.48. The minimum atomic E-state index is 0.260. The smallest absolute Gasteiger partial charge is 0.195 e. The number of aryl methyl sites for hydroxylation is 1. The molecule has 0 unspecified atom stereocenters. The van der Waals surface area contributed by atoms with Crippen LogP contribution >= 0.6 is 22.9 Å². The van der Waals surface area contributed by atoms with E-state index < -0.39 is 0 Å². The van der Waals surface area contributed by atoms with Crippen molar-refractivity contribution in [2.45, 2.75) is 20.5 Å². The Kier molecular flexibility index (Phi) is 4.03. The number of hydrogen-bond acceptors (Lipinski definition) is 6. The Morgan fingerprint density at radius 3 is 2.68 bits per heavy atom. The highest BCUT2D eigenvalue weighted by molar-refractivity contribution is 7.12. The molecule has 0 atom stereocenters. The number of nitrogens with zero attached hydrogens (tertiary/aromatic N) is 6. The third-order valence-electron chi connectivity index (χ3n) is 4.67. The van der Waals surface area contributed by atoms with Crippen molar-refractivity contribution in [3.8, 4) is 10.9 Å². The fraction of sp³-hybridized carbons (Fsp3) is 0.158. The van der Waals surface area contributed by atoms with Crippen LogP contribution in [0.3, 0.4) is 0 Å². The molecular weight excluding hydrogens is 396 g/mol. The maximum atomic E-state index is 5.91. The van der Waals surface area contributed by atoms with Crippen LogP contribution in [0.2, 0.25) is 5.02 Å². The SMILES string of the molecule is Cc1c(C)n(-c2nccs2)c2ncn3nc(COc4ccc(Cl)cc4)nc3c12. The lowest BCUT2D eigenvalue weighted by molar-refractivity contribution is 0.296. The molecule has 0 aliphatic rings. The number of benzene rings is 1. The Labute approximate surface area is 169 Å². The van der Waals surface area contributed by atoms with E-state index in [1.54, 1.807) is 40.5 Å². The second kappa shape index (κ2) is 6.57. The molecule has 28 heavy (non-hydrogen) atoms. The monoisotopic (exact) mass is 410 g/mol. The number of halogens is 1. The van der Waals surface area contributed by atoms with Gasteiger partial charge in [0.15, 0.2) is 22.3 Å². The fourth-order valence-electron chi connectivity index (χ4n) is 3.21. The average molecular weight is 411 g/mol. The minimum absolute atomic E-state index is 0.260. The van der Waals surface area contributed by atoms with Crippen LogP contribution in [0.25, 0.3) is 21.8 Å². The molecule has 7 nitrogen and oxygen atoms in total. The second-order valence-electron chi connectivity index (χ2n) is 6.34. The molecule has 0 aliphatic heterocycles. The predicted molar refractivity (Wildman–Crippen MR) is 109 cm³/mol. The van der Waals surface area contributed by atoms with Crippen LogP contribution in [-0.4, -0.2) is 29.1 Å². The summed E-state index contributed by atoms with van der Waals surface area (Å²) in [5, 5.41) is 8.99. The summed E-state index contributed by atoms with van der Waals surface area (Å²) in [5.41, 5.74) is 3.79. The summed E-state index contributed by atoms with van der Waals surface area (Å²) in [4.78, 5) is 13.8. The Hall–Kier alpha value is -2.97. The highest BCUT2D eigenvalue weighted by atomic mass is 35.5. The van der Waals surface area contributed by atoms with Gasteiger partial charge in [-0.15, -0.1) is 16.4 Å². The Morgan fingerprint density at radius 2 is 1.93 bits per heavy atom. The molecule has 0 N–H and O–H groups in total. The van der Waals surface area contributed by atoms with Crippen LogP contribution in [0.5, 0.6) is 5.75 Å². The topological polar surface area (TPSA) is 70.1 Å². The first kappa shape index (κ1) is 17.2. The van der Waals surface area contributed by atoms with Gasteiger partial charge in [-0.3, -0.25) is 4.57 Å². The second-order valence-corrected chi connectivity index (χ2v) is 7.65. The van der Waals surface area contributed by atoms with Gasteiger partial charge < -0.3 is 4.74 Å². The van der Waals surface area contributed by atoms with Gasteiger partial charge in [0.05, 0.1) is 5.39 Å². The maximum absolute atomic E-state index is 5.91. The van der Waals surface area contributed by atoms with Crippen molar-refractivity contribution in [1.29, 1.82) is 0 Å². The van der Waals surface area contributed by atoms with Crippen LogP contribution < -0.4 is 4.74 Å². The van der Waals surface area contributed by atoms with Crippen LogP contribution in [-0.2, 0) is 6.61 Å². The van der Waals surface area contributed by atoms with Gasteiger partial charge in [0, 0.05) is 22.3 Å². The Bertz CT molecular complexity index is 1290. The van der Waals surface area contributed by atoms with E-state index >= 15 is 0 Å². The first-order valence-corrected chi connectivity index (χ1v) is 9.87. The van der Waals surface area contributed by atoms with E-state index in [0.717, 1.165) is 33.1 Å². The summed E-state index contributed by atoms with van der Waals surface area (Å²) in [5.74, 6) is 1.30. The van der Waals surface area contributed by atoms with E-state index in [1.165, 1.54) is 0 Å². The van der Waals surface area contributed by atoms with Gasteiger partial charge in [-0.1, -0.05) is 11.6 Å². The van der Waals surface area contributed by atoms with E-state index in [0.29, 0.717) is 16.6 Å². The molecule has 0 radical (unpaired) electrons. The summed E-state index contributed by atoms with van der Waals surface area (Å²) in [6.45, 7) is 4.40. The van der Waals surface area contributed by atoms with Gasteiger partial charge in [-0.05, 0) is 43.7 Å². The van der Waals surface area contributed by atoms with Gasteiger partial charge in [0.2, 0.25) is 0 Å². The molecule has 0 bridgehead atoms. The van der Waals surface area contributed by atoms with Crippen molar-refractivity contribution in [3.05, 3.63) is 64.3 Å². The highest BCUT2D eigenvalue weighted by Gasteiger charge is 2.19. The largest absolute Gasteiger partial charge is 0.486 e. The Morgan fingerprint density at radius 1 is 1.11 bits per heavy atom. The molecule has 9 heteroatoms. The summed E-state index contributed by atoms with van der Waals surface area (Å²) in [7, 11) is 0. The van der Waals surface area contributed by atoms with Gasteiger partial charge in [-0.2, -0.15) is 0 Å². The van der Waals surface area contributed by atoms with Crippen molar-refractivity contribution < 1.29 is 4.74 Å². The van der Waals surface area contributed by atoms with E-state index in [2.05, 4.69) is 33.5 Å². The lowest BCUT2D eigenvalue weighted by Gasteiger charge is -2.02. The molecule has 140 valence electrons. The van der Waals surface area contributed by atoms with Crippen LogP contribution in [0.1, 0.15) is 17.1 Å². The number of fused-ring (bicyclic) bond motifs is 3. The molecule has 0 saturated heterocycles. The van der Waals surface area contributed by atoms with Crippen molar-refractivity contribution in [1.82, 2.24) is 29.1 Å². The lowest BCUT2D eigenvalue weighted by Crippen LogP contribution is -1.99. The van der Waals surface area contributed by atoms with Crippen LogP contribution in [0, 0.1) is 13.8 Å². The number of aromatic nitrogens is 6. The molecule has 0 spiro atoms. The third-order valence-corrected chi connectivity index (χ3v) is 5.68. The standard InChI is InChI=1S/C19H15ClN6OS/c1-11-12(2)26(19-21-7-8-28-19)17-16(11)18-23-15(24-25(18)10-22-17)9-27-14-5-3-13(20)4-6-14/h3-8,10H,9H2,1-2H3. The van der Waals surface area contributed by atoms with Gasteiger partial charge >= 0.3 is 0 Å². The van der Waals surface area contributed by atoms with Crippen molar-refractivity contribution in [2.75, 3.05) is 0 Å². The molecular formula is C19H15ClN6OS. The number of thiazole rings is 1. The third kappa shape index (κ3) is 2.73. The normalized spacial score (nSPS) is 11.5. The summed E-state index contributed by atoms with van der Waals surface area (Å²) < 4.78 is 9.54. The van der Waals surface area contributed by atoms with Crippen molar-refractivity contribution in [2.24, 2.45) is 0 Å². The van der Waals surface area contributed by atoms with Gasteiger partial charge in [0.1, 0.15) is 18.7 Å². The number of rotatable bonds is 4.